The number of carbonyl (C=O) groups excluding carboxylic acids is 1. The Balaban J connectivity index is 1.61. The summed E-state index contributed by atoms with van der Waals surface area (Å²) < 4.78 is 94.6. The largest absolute Gasteiger partial charge is 0.534 e. The summed E-state index contributed by atoms with van der Waals surface area (Å²) in [6.07, 6.45) is 0.769. The predicted octanol–water partition coefficient (Wildman–Crippen LogP) is 2.93. The highest BCUT2D eigenvalue weighted by atomic mass is 32.2. The van der Waals surface area contributed by atoms with E-state index >= 15 is 0 Å². The van der Waals surface area contributed by atoms with Crippen molar-refractivity contribution in [2.24, 2.45) is 0 Å². The third kappa shape index (κ3) is 7.86. The number of likely N-dealkylation sites (tertiary alicyclic amines) is 1. The van der Waals surface area contributed by atoms with E-state index in [1.54, 1.807) is 12.1 Å². The second-order valence-corrected chi connectivity index (χ2v) is 10.2. The molecule has 0 bridgehead atoms. The number of halogens is 4. The van der Waals surface area contributed by atoms with Gasteiger partial charge in [-0.1, -0.05) is 0 Å². The van der Waals surface area contributed by atoms with Gasteiger partial charge in [0, 0.05) is 38.9 Å². The lowest BCUT2D eigenvalue weighted by atomic mass is 10.0. The minimum Gasteiger partial charge on any atom is -0.496 e. The van der Waals surface area contributed by atoms with E-state index < -0.39 is 45.1 Å². The van der Waals surface area contributed by atoms with E-state index in [1.807, 2.05) is 0 Å². The Morgan fingerprint density at radius 2 is 1.85 bits per heavy atom. The van der Waals surface area contributed by atoms with Crippen LogP contribution in [0.15, 0.2) is 36.4 Å². The van der Waals surface area contributed by atoms with Gasteiger partial charge in [-0.15, -0.1) is 0 Å². The van der Waals surface area contributed by atoms with Crippen LogP contribution in [0, 0.1) is 5.82 Å². The zero-order valence-corrected chi connectivity index (χ0v) is 22.0. The number of piperidine rings is 1. The number of ether oxygens (including phenoxy) is 3. The lowest BCUT2D eigenvalue weighted by molar-refractivity contribution is -0.0499. The van der Waals surface area contributed by atoms with Gasteiger partial charge in [0.1, 0.15) is 17.3 Å². The van der Waals surface area contributed by atoms with Crippen LogP contribution in [0.25, 0.3) is 0 Å². The molecule has 0 aromatic heterocycles. The molecule has 1 heterocycles. The van der Waals surface area contributed by atoms with Crippen LogP contribution in [-0.2, 0) is 14.9 Å². The fourth-order valence-electron chi connectivity index (χ4n) is 4.00. The molecule has 0 radical (unpaired) electrons. The third-order valence-electron chi connectivity index (χ3n) is 6.02. The molecule has 10 nitrogen and oxygen atoms in total. The number of hydrogen-bond donors (Lipinski definition) is 2. The number of nitrogens with zero attached hydrogens (tertiary/aromatic N) is 1. The molecule has 216 valence electrons. The highest BCUT2D eigenvalue weighted by Gasteiger charge is 2.49. The Morgan fingerprint density at radius 3 is 2.46 bits per heavy atom. The molecule has 1 aliphatic heterocycles. The monoisotopic (exact) mass is 579 g/mol. The number of nitrogens with one attached hydrogen (secondary N) is 1. The highest BCUT2D eigenvalue weighted by molar-refractivity contribution is 7.88. The Bertz CT molecular complexity index is 1240. The van der Waals surface area contributed by atoms with Crippen molar-refractivity contribution in [2.75, 3.05) is 46.2 Å². The average molecular weight is 580 g/mol. The summed E-state index contributed by atoms with van der Waals surface area (Å²) in [4.78, 5) is 15.2. The Hall–Kier alpha value is -3.30. The first kappa shape index (κ1) is 30.2. The molecule has 2 aromatic rings. The lowest BCUT2D eigenvalue weighted by Gasteiger charge is -2.38. The topological polar surface area (TPSA) is 129 Å². The van der Waals surface area contributed by atoms with Crippen LogP contribution in [0.3, 0.4) is 0 Å². The zero-order valence-electron chi connectivity index (χ0n) is 21.2. The number of anilines is 1. The second kappa shape index (κ2) is 12.7. The molecule has 2 unspecified atom stereocenters. The maximum atomic E-state index is 13.1. The van der Waals surface area contributed by atoms with Crippen molar-refractivity contribution >= 4 is 21.7 Å². The smallest absolute Gasteiger partial charge is 0.496 e. The van der Waals surface area contributed by atoms with Crippen LogP contribution in [0.5, 0.6) is 17.2 Å². The molecular formula is C24H29F4N3O7S. The van der Waals surface area contributed by atoms with E-state index in [-0.39, 0.29) is 17.1 Å². The zero-order chi connectivity index (χ0) is 28.8. The summed E-state index contributed by atoms with van der Waals surface area (Å²) in [5.74, 6) is -1.47. The molecule has 0 aliphatic carbocycles. The first-order valence-electron chi connectivity index (χ1n) is 11.8. The first-order chi connectivity index (χ1) is 18.3. The molecule has 15 heteroatoms. The van der Waals surface area contributed by atoms with Crippen molar-refractivity contribution in [3.63, 3.8) is 0 Å². The normalized spacial score (nSPS) is 18.4. The minimum atomic E-state index is -6.01. The van der Waals surface area contributed by atoms with Gasteiger partial charge >= 0.3 is 15.6 Å². The summed E-state index contributed by atoms with van der Waals surface area (Å²) in [5, 5.41) is 2.77. The third-order valence-corrected chi connectivity index (χ3v) is 6.99. The van der Waals surface area contributed by atoms with Crippen LogP contribution >= 0.6 is 0 Å². The Kier molecular flexibility index (Phi) is 9.85. The van der Waals surface area contributed by atoms with Crippen LogP contribution in [0.4, 0.5) is 23.2 Å². The number of alkyl halides is 3. The van der Waals surface area contributed by atoms with Crippen molar-refractivity contribution in [3.05, 3.63) is 47.8 Å². The highest BCUT2D eigenvalue weighted by Crippen LogP contribution is 2.35. The van der Waals surface area contributed by atoms with Crippen LogP contribution in [-0.4, -0.2) is 77.3 Å². The fraction of sp³-hybridized carbons (Fsp3) is 0.458. The van der Waals surface area contributed by atoms with E-state index in [9.17, 15) is 30.8 Å². The molecule has 0 spiro atoms. The number of benzene rings is 2. The number of nitrogens with two attached hydrogens (primary N) is 1. The number of carbonyl (C=O) groups is 1. The van der Waals surface area contributed by atoms with Crippen molar-refractivity contribution in [3.8, 4) is 17.2 Å². The Labute approximate surface area is 223 Å². The SMILES string of the molecule is COc1cc(N)c(OS(=O)(=O)C(F)(F)F)cc1C(=O)NC1CCN(CCCOc2ccc(F)cc2)CC1OC. The minimum absolute atomic E-state index is 0.0886. The quantitative estimate of drug-likeness (QED) is 0.136. The standard InChI is InChI=1S/C24H29F4N3O7S/c1-35-20-13-18(29)21(38-39(33,34)24(26,27)28)12-17(20)23(32)30-19-8-10-31(14-22(19)36-2)9-3-11-37-16-6-4-15(25)5-7-16/h4-7,12-13,19,22H,3,8-11,14,29H2,1-2H3,(H,30,32). The van der Waals surface area contributed by atoms with Gasteiger partial charge in [-0.3, -0.25) is 4.79 Å². The van der Waals surface area contributed by atoms with Gasteiger partial charge in [0.15, 0.2) is 5.75 Å². The summed E-state index contributed by atoms with van der Waals surface area (Å²) in [6, 6.07) is 7.05. The van der Waals surface area contributed by atoms with E-state index in [0.717, 1.165) is 12.1 Å². The van der Waals surface area contributed by atoms with Gasteiger partial charge in [0.2, 0.25) is 0 Å². The van der Waals surface area contributed by atoms with Crippen molar-refractivity contribution in [1.82, 2.24) is 10.2 Å². The number of methoxy groups -OCH3 is 2. The molecule has 3 N–H and O–H groups in total. The van der Waals surface area contributed by atoms with E-state index in [0.29, 0.717) is 44.8 Å². The van der Waals surface area contributed by atoms with Gasteiger partial charge in [-0.05, 0) is 37.1 Å². The van der Waals surface area contributed by atoms with Gasteiger partial charge in [0.25, 0.3) is 5.91 Å². The molecule has 1 amide bonds. The van der Waals surface area contributed by atoms with E-state index in [4.69, 9.17) is 19.9 Å². The van der Waals surface area contributed by atoms with E-state index in [2.05, 4.69) is 14.4 Å². The molecule has 1 saturated heterocycles. The van der Waals surface area contributed by atoms with Crippen LogP contribution < -0.4 is 24.7 Å². The molecule has 0 saturated carbocycles. The van der Waals surface area contributed by atoms with Gasteiger partial charge in [-0.25, -0.2) is 4.39 Å². The predicted molar refractivity (Wildman–Crippen MR) is 133 cm³/mol. The van der Waals surface area contributed by atoms with Gasteiger partial charge in [-0.2, -0.15) is 21.6 Å². The van der Waals surface area contributed by atoms with Crippen LogP contribution in [0.2, 0.25) is 0 Å². The Morgan fingerprint density at radius 1 is 1.15 bits per heavy atom. The average Bonchev–Trinajstić information content (AvgIpc) is 2.88. The number of hydrogen-bond acceptors (Lipinski definition) is 9. The number of rotatable bonds is 11. The van der Waals surface area contributed by atoms with Gasteiger partial charge < -0.3 is 34.3 Å². The number of nitrogen functional groups attached to an aromatic ring is 1. The fourth-order valence-corrected chi connectivity index (χ4v) is 4.48. The van der Waals surface area contributed by atoms with Crippen molar-refractivity contribution < 1.29 is 49.2 Å². The van der Waals surface area contributed by atoms with E-state index in [1.165, 1.54) is 26.4 Å². The van der Waals surface area contributed by atoms with Crippen LogP contribution in [0.1, 0.15) is 23.2 Å². The molecule has 1 aliphatic rings. The number of amides is 1. The maximum absolute atomic E-state index is 13.1. The van der Waals surface area contributed by atoms with Crippen molar-refractivity contribution in [2.45, 2.75) is 30.5 Å². The summed E-state index contributed by atoms with van der Waals surface area (Å²) in [7, 11) is -3.30. The molecule has 2 aromatic carbocycles. The molecule has 2 atom stereocenters. The summed E-state index contributed by atoms with van der Waals surface area (Å²) >= 11 is 0. The second-order valence-electron chi connectivity index (χ2n) is 8.67. The molecule has 1 fully saturated rings. The van der Waals surface area contributed by atoms with Gasteiger partial charge in [0.05, 0.1) is 37.1 Å². The van der Waals surface area contributed by atoms with Crippen molar-refractivity contribution in [1.29, 1.82) is 0 Å². The molecule has 39 heavy (non-hydrogen) atoms. The molecule has 3 rings (SSSR count). The lowest BCUT2D eigenvalue weighted by Crippen LogP contribution is -2.55. The molecular weight excluding hydrogens is 550 g/mol. The first-order valence-corrected chi connectivity index (χ1v) is 13.2. The maximum Gasteiger partial charge on any atom is 0.534 e. The summed E-state index contributed by atoms with van der Waals surface area (Å²) in [6.45, 7) is 2.20. The summed E-state index contributed by atoms with van der Waals surface area (Å²) in [5.41, 5.74) is -0.794.